The van der Waals surface area contributed by atoms with Crippen molar-refractivity contribution in [2.45, 2.75) is 79.7 Å². The van der Waals surface area contributed by atoms with Crippen molar-refractivity contribution in [1.82, 2.24) is 5.32 Å². The molecule has 1 heteroatoms. The van der Waals surface area contributed by atoms with Gasteiger partial charge in [-0.25, -0.2) is 0 Å². The van der Waals surface area contributed by atoms with Crippen LogP contribution in [0.2, 0.25) is 0 Å². The largest absolute Gasteiger partial charge is 0.310 e. The van der Waals surface area contributed by atoms with Crippen LogP contribution in [0.4, 0.5) is 0 Å². The Kier molecular flexibility index (Phi) is 6.59. The third-order valence-corrected chi connectivity index (χ3v) is 4.65. The first-order valence-corrected chi connectivity index (χ1v) is 8.23. The predicted molar refractivity (Wildman–Crippen MR) is 86.4 cm³/mol. The van der Waals surface area contributed by atoms with Gasteiger partial charge in [0.2, 0.25) is 0 Å². The van der Waals surface area contributed by atoms with Crippen LogP contribution in [0, 0.1) is 17.3 Å². The van der Waals surface area contributed by atoms with E-state index in [1.165, 1.54) is 37.7 Å². The average molecular weight is 265 g/mol. The Hall–Kier alpha value is -0.300. The predicted octanol–water partition coefficient (Wildman–Crippen LogP) is 5.17. The molecule has 1 aliphatic carbocycles. The highest BCUT2D eigenvalue weighted by molar-refractivity contribution is 5.04. The number of allylic oxidation sites excluding steroid dienone is 1. The van der Waals surface area contributed by atoms with Crippen LogP contribution in [0.3, 0.4) is 0 Å². The molecule has 0 aliphatic heterocycles. The summed E-state index contributed by atoms with van der Waals surface area (Å²) in [6.07, 6.45) is 9.30. The van der Waals surface area contributed by atoms with E-state index >= 15 is 0 Å². The summed E-state index contributed by atoms with van der Waals surface area (Å²) >= 11 is 0. The summed E-state index contributed by atoms with van der Waals surface area (Å²) < 4.78 is 0. The fourth-order valence-electron chi connectivity index (χ4n) is 3.38. The van der Waals surface area contributed by atoms with Gasteiger partial charge in [-0.15, -0.1) is 0 Å². The van der Waals surface area contributed by atoms with Crippen molar-refractivity contribution in [1.29, 1.82) is 0 Å². The van der Waals surface area contributed by atoms with E-state index in [0.29, 0.717) is 11.5 Å². The monoisotopic (exact) mass is 265 g/mol. The summed E-state index contributed by atoms with van der Waals surface area (Å²) in [5.41, 5.74) is 1.94. The zero-order valence-corrected chi connectivity index (χ0v) is 14.1. The van der Waals surface area contributed by atoms with E-state index in [-0.39, 0.29) is 0 Å². The van der Waals surface area contributed by atoms with E-state index in [0.717, 1.165) is 18.4 Å². The van der Waals surface area contributed by atoms with Gasteiger partial charge in [0.05, 0.1) is 0 Å². The highest BCUT2D eigenvalue weighted by Crippen LogP contribution is 2.40. The van der Waals surface area contributed by atoms with E-state index in [2.05, 4.69) is 52.9 Å². The molecule has 1 rings (SSSR count). The maximum Gasteiger partial charge on any atom is 0.0280 e. The molecular weight excluding hydrogens is 230 g/mol. The molecule has 0 amide bonds. The Labute approximate surface area is 121 Å². The molecule has 19 heavy (non-hydrogen) atoms. The molecule has 0 bridgehead atoms. The summed E-state index contributed by atoms with van der Waals surface area (Å²) in [5, 5.41) is 3.75. The second-order valence-corrected chi connectivity index (χ2v) is 7.70. The average Bonchev–Trinajstić information content (AvgIpc) is 2.33. The van der Waals surface area contributed by atoms with E-state index in [9.17, 15) is 0 Å². The zero-order valence-electron chi connectivity index (χ0n) is 14.1. The minimum atomic E-state index is 0.494. The zero-order chi connectivity index (χ0) is 14.5. The molecule has 0 aromatic rings. The second kappa shape index (κ2) is 7.47. The lowest BCUT2D eigenvalue weighted by Crippen LogP contribution is -2.38. The maximum atomic E-state index is 3.75. The summed E-state index contributed by atoms with van der Waals surface area (Å²) in [4.78, 5) is 0. The van der Waals surface area contributed by atoms with E-state index in [1.54, 1.807) is 0 Å². The first kappa shape index (κ1) is 16.8. The first-order chi connectivity index (χ1) is 8.84. The van der Waals surface area contributed by atoms with E-state index in [4.69, 9.17) is 0 Å². The highest BCUT2D eigenvalue weighted by Gasteiger charge is 2.31. The van der Waals surface area contributed by atoms with Gasteiger partial charge in [0, 0.05) is 6.04 Å². The normalized spacial score (nSPS) is 26.0. The molecule has 1 fully saturated rings. The molecule has 1 nitrogen and oxygen atoms in total. The van der Waals surface area contributed by atoms with Crippen molar-refractivity contribution in [3.63, 3.8) is 0 Å². The van der Waals surface area contributed by atoms with Crippen molar-refractivity contribution >= 4 is 0 Å². The number of nitrogens with one attached hydrogen (secondary N) is 1. The van der Waals surface area contributed by atoms with Gasteiger partial charge in [-0.1, -0.05) is 39.3 Å². The molecule has 0 saturated heterocycles. The third-order valence-electron chi connectivity index (χ3n) is 4.65. The molecule has 0 radical (unpaired) electrons. The van der Waals surface area contributed by atoms with Gasteiger partial charge >= 0.3 is 0 Å². The standard InChI is InChI=1S/C18H35N/c1-7-12-19-17(13-14(2)3)15-8-10-16(11-9-15)18(4,5)6/h13,15-17,19H,7-12H2,1-6H3. The summed E-state index contributed by atoms with van der Waals surface area (Å²) in [5.74, 6) is 1.77. The quantitative estimate of drug-likeness (QED) is 0.676. The molecule has 0 spiro atoms. The van der Waals surface area contributed by atoms with Gasteiger partial charge in [0.25, 0.3) is 0 Å². The minimum absolute atomic E-state index is 0.494. The van der Waals surface area contributed by atoms with Crippen LogP contribution in [0.5, 0.6) is 0 Å². The second-order valence-electron chi connectivity index (χ2n) is 7.70. The van der Waals surface area contributed by atoms with Gasteiger partial charge in [0.1, 0.15) is 0 Å². The number of rotatable bonds is 5. The smallest absolute Gasteiger partial charge is 0.0280 e. The Morgan fingerprint density at radius 2 is 1.74 bits per heavy atom. The van der Waals surface area contributed by atoms with Crippen LogP contribution < -0.4 is 5.32 Å². The molecule has 1 N–H and O–H groups in total. The molecule has 0 heterocycles. The Balaban J connectivity index is 2.56. The van der Waals surface area contributed by atoms with Crippen molar-refractivity contribution in [3.8, 4) is 0 Å². The summed E-state index contributed by atoms with van der Waals surface area (Å²) in [6.45, 7) is 15.1. The molecule has 1 unspecified atom stereocenters. The van der Waals surface area contributed by atoms with Crippen LogP contribution in [-0.2, 0) is 0 Å². The van der Waals surface area contributed by atoms with E-state index < -0.39 is 0 Å². The summed E-state index contributed by atoms with van der Waals surface area (Å²) in [7, 11) is 0. The van der Waals surface area contributed by atoms with Crippen LogP contribution in [0.1, 0.15) is 73.6 Å². The lowest BCUT2D eigenvalue weighted by Gasteiger charge is -2.39. The fraction of sp³-hybridized carbons (Fsp3) is 0.889. The lowest BCUT2D eigenvalue weighted by molar-refractivity contribution is 0.140. The van der Waals surface area contributed by atoms with E-state index in [1.807, 2.05) is 0 Å². The molecule has 112 valence electrons. The molecular formula is C18H35N. The van der Waals surface area contributed by atoms with Gasteiger partial charge < -0.3 is 5.32 Å². The minimum Gasteiger partial charge on any atom is -0.310 e. The molecule has 1 atom stereocenters. The van der Waals surface area contributed by atoms with Crippen molar-refractivity contribution in [2.24, 2.45) is 17.3 Å². The van der Waals surface area contributed by atoms with Gasteiger partial charge in [0.15, 0.2) is 0 Å². The van der Waals surface area contributed by atoms with Gasteiger partial charge in [-0.05, 0) is 69.7 Å². The molecule has 0 aromatic heterocycles. The molecule has 0 aromatic carbocycles. The van der Waals surface area contributed by atoms with Crippen LogP contribution >= 0.6 is 0 Å². The first-order valence-electron chi connectivity index (χ1n) is 8.23. The SMILES string of the molecule is CCCNC(C=C(C)C)C1CCC(C(C)(C)C)CC1. The number of hydrogen-bond donors (Lipinski definition) is 1. The molecule has 1 aliphatic rings. The van der Waals surface area contributed by atoms with Gasteiger partial charge in [-0.3, -0.25) is 0 Å². The lowest BCUT2D eigenvalue weighted by atomic mass is 9.68. The fourth-order valence-corrected chi connectivity index (χ4v) is 3.38. The third kappa shape index (κ3) is 5.69. The summed E-state index contributed by atoms with van der Waals surface area (Å²) in [6, 6.07) is 0.603. The van der Waals surface area contributed by atoms with Crippen LogP contribution in [-0.4, -0.2) is 12.6 Å². The Morgan fingerprint density at radius 1 is 1.16 bits per heavy atom. The van der Waals surface area contributed by atoms with Crippen molar-refractivity contribution in [3.05, 3.63) is 11.6 Å². The number of hydrogen-bond acceptors (Lipinski definition) is 1. The van der Waals surface area contributed by atoms with Crippen LogP contribution in [0.15, 0.2) is 11.6 Å². The Bertz CT molecular complexity index is 273. The highest BCUT2D eigenvalue weighted by atomic mass is 14.9. The van der Waals surface area contributed by atoms with Gasteiger partial charge in [-0.2, -0.15) is 0 Å². The maximum absolute atomic E-state index is 3.75. The topological polar surface area (TPSA) is 12.0 Å². The van der Waals surface area contributed by atoms with Crippen molar-refractivity contribution < 1.29 is 0 Å². The van der Waals surface area contributed by atoms with Crippen molar-refractivity contribution in [2.75, 3.05) is 6.54 Å². The molecule has 1 saturated carbocycles. The van der Waals surface area contributed by atoms with Crippen LogP contribution in [0.25, 0.3) is 0 Å². The Morgan fingerprint density at radius 3 is 2.16 bits per heavy atom.